The van der Waals surface area contributed by atoms with Crippen LogP contribution in [-0.2, 0) is 0 Å². The molecule has 1 aromatic carbocycles. The first-order valence-electron chi connectivity index (χ1n) is 5.63. The molecular formula is C13H21NO2. The first-order chi connectivity index (χ1) is 7.57. The molecule has 2 N–H and O–H groups in total. The predicted octanol–water partition coefficient (Wildman–Crippen LogP) is 2.59. The second-order valence-electron chi connectivity index (χ2n) is 4.28. The molecular weight excluding hydrogens is 202 g/mol. The number of methoxy groups -OCH3 is 1. The lowest BCUT2D eigenvalue weighted by atomic mass is 9.97. The lowest BCUT2D eigenvalue weighted by Crippen LogP contribution is -2.36. The molecule has 0 aliphatic rings. The van der Waals surface area contributed by atoms with E-state index in [1.165, 1.54) is 0 Å². The first kappa shape index (κ1) is 12.8. The lowest BCUT2D eigenvalue weighted by molar-refractivity contribution is 0.262. The summed E-state index contributed by atoms with van der Waals surface area (Å²) in [5, 5.41) is 0. The number of rotatable bonds is 6. The Hall–Kier alpha value is -1.22. The Bertz CT molecular complexity index is 306. The minimum atomic E-state index is -0.132. The van der Waals surface area contributed by atoms with Crippen LogP contribution in [0.4, 0.5) is 0 Å². The van der Waals surface area contributed by atoms with Gasteiger partial charge in [-0.05, 0) is 44.0 Å². The van der Waals surface area contributed by atoms with Crippen LogP contribution in [0.25, 0.3) is 0 Å². The van der Waals surface area contributed by atoms with Crippen molar-refractivity contribution in [2.24, 2.45) is 5.73 Å². The largest absolute Gasteiger partial charge is 0.497 e. The van der Waals surface area contributed by atoms with Crippen molar-refractivity contribution in [2.75, 3.05) is 13.7 Å². The van der Waals surface area contributed by atoms with Crippen molar-refractivity contribution in [3.63, 3.8) is 0 Å². The molecule has 0 heterocycles. The van der Waals surface area contributed by atoms with Crippen LogP contribution in [0, 0.1) is 0 Å². The van der Waals surface area contributed by atoms with Gasteiger partial charge in [0.15, 0.2) is 0 Å². The van der Waals surface area contributed by atoms with Crippen molar-refractivity contribution < 1.29 is 9.47 Å². The summed E-state index contributed by atoms with van der Waals surface area (Å²) in [7, 11) is 1.65. The van der Waals surface area contributed by atoms with Gasteiger partial charge in [-0.3, -0.25) is 0 Å². The lowest BCUT2D eigenvalue weighted by Gasteiger charge is -2.22. The fourth-order valence-corrected chi connectivity index (χ4v) is 1.25. The van der Waals surface area contributed by atoms with Crippen LogP contribution in [0.15, 0.2) is 24.3 Å². The Morgan fingerprint density at radius 3 is 2.25 bits per heavy atom. The van der Waals surface area contributed by atoms with Crippen LogP contribution in [0.1, 0.15) is 26.7 Å². The third-order valence-corrected chi connectivity index (χ3v) is 2.81. The van der Waals surface area contributed by atoms with Gasteiger partial charge in [0.1, 0.15) is 11.5 Å². The predicted molar refractivity (Wildman–Crippen MR) is 66.0 cm³/mol. The summed E-state index contributed by atoms with van der Waals surface area (Å²) in [5.74, 6) is 1.69. The Kier molecular flexibility index (Phi) is 4.62. The molecule has 0 aliphatic carbocycles. The molecule has 3 heteroatoms. The SMILES string of the molecule is CCC(C)(N)CCOc1ccc(OC)cc1. The van der Waals surface area contributed by atoms with Crippen LogP contribution in [-0.4, -0.2) is 19.3 Å². The van der Waals surface area contributed by atoms with Gasteiger partial charge in [-0.25, -0.2) is 0 Å². The van der Waals surface area contributed by atoms with Crippen molar-refractivity contribution in [3.8, 4) is 11.5 Å². The highest BCUT2D eigenvalue weighted by atomic mass is 16.5. The highest BCUT2D eigenvalue weighted by Gasteiger charge is 2.14. The highest BCUT2D eigenvalue weighted by molar-refractivity contribution is 5.31. The van der Waals surface area contributed by atoms with E-state index in [0.29, 0.717) is 6.61 Å². The molecule has 0 radical (unpaired) electrons. The summed E-state index contributed by atoms with van der Waals surface area (Å²) >= 11 is 0. The topological polar surface area (TPSA) is 44.5 Å². The number of hydrogen-bond donors (Lipinski definition) is 1. The molecule has 90 valence electrons. The Morgan fingerprint density at radius 2 is 1.75 bits per heavy atom. The summed E-state index contributed by atoms with van der Waals surface area (Å²) in [6, 6.07) is 7.57. The van der Waals surface area contributed by atoms with Gasteiger partial charge < -0.3 is 15.2 Å². The average Bonchev–Trinajstić information content (AvgIpc) is 2.30. The van der Waals surface area contributed by atoms with Crippen molar-refractivity contribution >= 4 is 0 Å². The van der Waals surface area contributed by atoms with Gasteiger partial charge in [0.05, 0.1) is 13.7 Å². The normalized spacial score (nSPS) is 14.2. The Labute approximate surface area is 97.6 Å². The van der Waals surface area contributed by atoms with E-state index in [1.807, 2.05) is 31.2 Å². The fraction of sp³-hybridized carbons (Fsp3) is 0.538. The smallest absolute Gasteiger partial charge is 0.119 e. The van der Waals surface area contributed by atoms with Gasteiger partial charge in [-0.2, -0.15) is 0 Å². The quantitative estimate of drug-likeness (QED) is 0.806. The van der Waals surface area contributed by atoms with Gasteiger partial charge in [-0.15, -0.1) is 0 Å². The van der Waals surface area contributed by atoms with Gasteiger partial charge in [0.25, 0.3) is 0 Å². The van der Waals surface area contributed by atoms with E-state index in [9.17, 15) is 0 Å². The molecule has 1 atom stereocenters. The molecule has 0 amide bonds. The van der Waals surface area contributed by atoms with Crippen LogP contribution in [0.3, 0.4) is 0 Å². The van der Waals surface area contributed by atoms with E-state index in [0.717, 1.165) is 24.3 Å². The van der Waals surface area contributed by atoms with Gasteiger partial charge >= 0.3 is 0 Å². The van der Waals surface area contributed by atoms with E-state index < -0.39 is 0 Å². The maximum atomic E-state index is 6.03. The molecule has 0 bridgehead atoms. The van der Waals surface area contributed by atoms with E-state index in [-0.39, 0.29) is 5.54 Å². The second kappa shape index (κ2) is 5.75. The molecule has 16 heavy (non-hydrogen) atoms. The van der Waals surface area contributed by atoms with Crippen LogP contribution in [0.5, 0.6) is 11.5 Å². The minimum absolute atomic E-state index is 0.132. The van der Waals surface area contributed by atoms with E-state index in [4.69, 9.17) is 15.2 Å². The van der Waals surface area contributed by atoms with Gasteiger partial charge in [-0.1, -0.05) is 6.92 Å². The maximum Gasteiger partial charge on any atom is 0.119 e. The molecule has 0 saturated heterocycles. The minimum Gasteiger partial charge on any atom is -0.497 e. The monoisotopic (exact) mass is 223 g/mol. The third-order valence-electron chi connectivity index (χ3n) is 2.81. The molecule has 0 spiro atoms. The summed E-state index contributed by atoms with van der Waals surface area (Å²) in [5.41, 5.74) is 5.89. The summed E-state index contributed by atoms with van der Waals surface area (Å²) in [4.78, 5) is 0. The van der Waals surface area contributed by atoms with Crippen LogP contribution >= 0.6 is 0 Å². The summed E-state index contributed by atoms with van der Waals surface area (Å²) in [6.45, 7) is 4.78. The maximum absolute atomic E-state index is 6.03. The molecule has 0 aromatic heterocycles. The third kappa shape index (κ3) is 4.11. The second-order valence-corrected chi connectivity index (χ2v) is 4.28. The average molecular weight is 223 g/mol. The number of nitrogens with two attached hydrogens (primary N) is 1. The standard InChI is InChI=1S/C13H21NO2/c1-4-13(2,14)9-10-16-12-7-5-11(15-3)6-8-12/h5-8H,4,9-10,14H2,1-3H3. The zero-order chi connectivity index (χ0) is 12.0. The Balaban J connectivity index is 2.37. The van der Waals surface area contributed by atoms with Crippen molar-refractivity contribution in [1.82, 2.24) is 0 Å². The molecule has 0 aliphatic heterocycles. The highest BCUT2D eigenvalue weighted by Crippen LogP contribution is 2.18. The zero-order valence-electron chi connectivity index (χ0n) is 10.3. The Morgan fingerprint density at radius 1 is 1.19 bits per heavy atom. The van der Waals surface area contributed by atoms with Crippen molar-refractivity contribution in [2.45, 2.75) is 32.2 Å². The van der Waals surface area contributed by atoms with Crippen molar-refractivity contribution in [3.05, 3.63) is 24.3 Å². The fourth-order valence-electron chi connectivity index (χ4n) is 1.25. The zero-order valence-corrected chi connectivity index (χ0v) is 10.3. The summed E-state index contributed by atoms with van der Waals surface area (Å²) in [6.07, 6.45) is 1.81. The van der Waals surface area contributed by atoms with Crippen LogP contribution < -0.4 is 15.2 Å². The van der Waals surface area contributed by atoms with Crippen LogP contribution in [0.2, 0.25) is 0 Å². The molecule has 1 unspecified atom stereocenters. The van der Waals surface area contributed by atoms with E-state index >= 15 is 0 Å². The molecule has 1 aromatic rings. The first-order valence-corrected chi connectivity index (χ1v) is 5.63. The van der Waals surface area contributed by atoms with E-state index in [2.05, 4.69) is 6.92 Å². The van der Waals surface area contributed by atoms with Gasteiger partial charge in [0.2, 0.25) is 0 Å². The van der Waals surface area contributed by atoms with Gasteiger partial charge in [0, 0.05) is 5.54 Å². The number of ether oxygens (including phenoxy) is 2. The molecule has 3 nitrogen and oxygen atoms in total. The molecule has 1 rings (SSSR count). The number of hydrogen-bond acceptors (Lipinski definition) is 3. The van der Waals surface area contributed by atoms with E-state index in [1.54, 1.807) is 7.11 Å². The summed E-state index contributed by atoms with van der Waals surface area (Å²) < 4.78 is 10.7. The van der Waals surface area contributed by atoms with Crippen molar-refractivity contribution in [1.29, 1.82) is 0 Å². The number of benzene rings is 1. The molecule has 0 fully saturated rings. The molecule has 0 saturated carbocycles.